The molecule has 0 bridgehead atoms. The lowest BCUT2D eigenvalue weighted by molar-refractivity contribution is 0.181. The molecule has 82 valence electrons. The second kappa shape index (κ2) is 3.75. The predicted octanol–water partition coefficient (Wildman–Crippen LogP) is 0.160. The number of hydrogen-bond acceptors (Lipinski definition) is 5. The molecule has 0 aliphatic carbocycles. The molecule has 1 saturated heterocycles. The first-order valence-electron chi connectivity index (χ1n) is 4.95. The van der Waals surface area contributed by atoms with Gasteiger partial charge in [-0.2, -0.15) is 0 Å². The van der Waals surface area contributed by atoms with Gasteiger partial charge in [0.2, 0.25) is 5.95 Å². The molecule has 1 aliphatic heterocycles. The van der Waals surface area contributed by atoms with E-state index in [4.69, 9.17) is 10.5 Å². The topological polar surface area (TPSA) is 64.3 Å². The molecule has 1 fully saturated rings. The molecule has 5 heteroatoms. The molecular weight excluding hydrogens is 192 g/mol. The molecule has 0 atom stereocenters. The van der Waals surface area contributed by atoms with Gasteiger partial charge in [-0.3, -0.25) is 0 Å². The highest BCUT2D eigenvalue weighted by Crippen LogP contribution is 2.22. The maximum atomic E-state index is 5.92. The Morgan fingerprint density at radius 1 is 1.60 bits per heavy atom. The van der Waals surface area contributed by atoms with Crippen molar-refractivity contribution in [3.63, 3.8) is 0 Å². The second-order valence-electron chi connectivity index (χ2n) is 4.29. The zero-order valence-corrected chi connectivity index (χ0v) is 9.10. The van der Waals surface area contributed by atoms with Gasteiger partial charge in [0.25, 0.3) is 0 Å². The molecular formula is C10H16N4O. The van der Waals surface area contributed by atoms with Crippen LogP contribution in [0.25, 0.3) is 0 Å². The Morgan fingerprint density at radius 3 is 2.93 bits per heavy atom. The van der Waals surface area contributed by atoms with E-state index in [0.29, 0.717) is 6.61 Å². The van der Waals surface area contributed by atoms with E-state index in [1.54, 1.807) is 13.3 Å². The maximum absolute atomic E-state index is 5.92. The predicted molar refractivity (Wildman–Crippen MR) is 57.6 cm³/mol. The number of hydrogen-bond donors (Lipinski definition) is 1. The highest BCUT2D eigenvalue weighted by atomic mass is 16.5. The third-order valence-corrected chi connectivity index (χ3v) is 2.38. The van der Waals surface area contributed by atoms with Crippen molar-refractivity contribution in [3.8, 4) is 0 Å². The van der Waals surface area contributed by atoms with Gasteiger partial charge in [0.15, 0.2) is 0 Å². The van der Waals surface area contributed by atoms with Gasteiger partial charge >= 0.3 is 0 Å². The summed E-state index contributed by atoms with van der Waals surface area (Å²) in [6.45, 7) is 4.17. The minimum absolute atomic E-state index is 0.0966. The zero-order chi connectivity index (χ0) is 10.9. The Bertz CT molecular complexity index is 345. The molecule has 1 aromatic rings. The van der Waals surface area contributed by atoms with Crippen molar-refractivity contribution in [1.82, 2.24) is 9.97 Å². The fourth-order valence-corrected chi connectivity index (χ4v) is 1.73. The van der Waals surface area contributed by atoms with Crippen LogP contribution in [0.1, 0.15) is 12.6 Å². The first-order valence-corrected chi connectivity index (χ1v) is 4.95. The van der Waals surface area contributed by atoms with E-state index >= 15 is 0 Å². The summed E-state index contributed by atoms with van der Waals surface area (Å²) >= 11 is 0. The standard InChI is InChI=1S/C10H16N4O/c1-10(11)6-14(7-10)9-12-4-3-8(13-9)5-15-2/h3-4H,5-7,11H2,1-2H3. The zero-order valence-electron chi connectivity index (χ0n) is 9.10. The largest absolute Gasteiger partial charge is 0.378 e. The van der Waals surface area contributed by atoms with Crippen LogP contribution in [-0.2, 0) is 11.3 Å². The lowest BCUT2D eigenvalue weighted by atomic mass is 9.94. The van der Waals surface area contributed by atoms with Gasteiger partial charge in [-0.1, -0.05) is 0 Å². The number of aromatic nitrogens is 2. The summed E-state index contributed by atoms with van der Waals surface area (Å²) in [5, 5.41) is 0. The average Bonchev–Trinajstić information content (AvgIpc) is 2.15. The first-order chi connectivity index (χ1) is 7.11. The van der Waals surface area contributed by atoms with E-state index in [9.17, 15) is 0 Å². The van der Waals surface area contributed by atoms with Gasteiger partial charge in [0.05, 0.1) is 12.3 Å². The normalized spacial score (nSPS) is 18.7. The van der Waals surface area contributed by atoms with Crippen LogP contribution in [0.5, 0.6) is 0 Å². The number of nitrogens with two attached hydrogens (primary N) is 1. The fourth-order valence-electron chi connectivity index (χ4n) is 1.73. The third kappa shape index (κ3) is 2.24. The summed E-state index contributed by atoms with van der Waals surface area (Å²) in [5.74, 6) is 0.743. The SMILES string of the molecule is COCc1ccnc(N2CC(C)(N)C2)n1. The summed E-state index contributed by atoms with van der Waals surface area (Å²) in [7, 11) is 1.66. The van der Waals surface area contributed by atoms with Crippen LogP contribution in [0, 0.1) is 0 Å². The summed E-state index contributed by atoms with van der Waals surface area (Å²) < 4.78 is 5.02. The Balaban J connectivity index is 2.06. The minimum Gasteiger partial charge on any atom is -0.378 e. The van der Waals surface area contributed by atoms with Crippen molar-refractivity contribution < 1.29 is 4.74 Å². The van der Waals surface area contributed by atoms with Crippen molar-refractivity contribution in [2.45, 2.75) is 19.1 Å². The molecule has 0 unspecified atom stereocenters. The highest BCUT2D eigenvalue weighted by Gasteiger charge is 2.36. The Morgan fingerprint density at radius 2 is 2.33 bits per heavy atom. The molecule has 0 radical (unpaired) electrons. The minimum atomic E-state index is -0.0966. The maximum Gasteiger partial charge on any atom is 0.225 e. The fraction of sp³-hybridized carbons (Fsp3) is 0.600. The number of nitrogens with zero attached hydrogens (tertiary/aromatic N) is 3. The van der Waals surface area contributed by atoms with Crippen LogP contribution in [0.4, 0.5) is 5.95 Å². The molecule has 0 amide bonds. The molecule has 0 saturated carbocycles. The van der Waals surface area contributed by atoms with Crippen molar-refractivity contribution >= 4 is 5.95 Å². The van der Waals surface area contributed by atoms with Crippen molar-refractivity contribution in [2.75, 3.05) is 25.1 Å². The first kappa shape index (κ1) is 10.3. The lowest BCUT2D eigenvalue weighted by Crippen LogP contribution is -2.66. The molecule has 2 heterocycles. The van der Waals surface area contributed by atoms with Crippen LogP contribution in [-0.4, -0.2) is 35.7 Å². The molecule has 1 aliphatic rings. The van der Waals surface area contributed by atoms with Crippen LogP contribution in [0.3, 0.4) is 0 Å². The van der Waals surface area contributed by atoms with E-state index in [-0.39, 0.29) is 5.54 Å². The van der Waals surface area contributed by atoms with Gasteiger partial charge in [-0.15, -0.1) is 0 Å². The number of methoxy groups -OCH3 is 1. The van der Waals surface area contributed by atoms with Crippen molar-refractivity contribution in [1.29, 1.82) is 0 Å². The number of ether oxygens (including phenoxy) is 1. The molecule has 2 N–H and O–H groups in total. The van der Waals surface area contributed by atoms with E-state index in [1.165, 1.54) is 0 Å². The summed E-state index contributed by atoms with van der Waals surface area (Å²) in [5.41, 5.74) is 6.72. The third-order valence-electron chi connectivity index (χ3n) is 2.38. The van der Waals surface area contributed by atoms with Gasteiger partial charge in [-0.05, 0) is 13.0 Å². The molecule has 5 nitrogen and oxygen atoms in total. The Labute approximate surface area is 89.3 Å². The lowest BCUT2D eigenvalue weighted by Gasteiger charge is -2.45. The van der Waals surface area contributed by atoms with Crippen molar-refractivity contribution in [2.24, 2.45) is 5.73 Å². The van der Waals surface area contributed by atoms with E-state index in [2.05, 4.69) is 14.9 Å². The molecule has 15 heavy (non-hydrogen) atoms. The average molecular weight is 208 g/mol. The molecule has 0 spiro atoms. The van der Waals surface area contributed by atoms with E-state index in [1.807, 2.05) is 13.0 Å². The van der Waals surface area contributed by atoms with E-state index < -0.39 is 0 Å². The summed E-state index contributed by atoms with van der Waals surface area (Å²) in [4.78, 5) is 10.7. The molecule has 2 rings (SSSR count). The van der Waals surface area contributed by atoms with Crippen LogP contribution in [0.2, 0.25) is 0 Å². The summed E-state index contributed by atoms with van der Waals surface area (Å²) in [6, 6.07) is 1.86. The number of rotatable bonds is 3. The number of anilines is 1. The van der Waals surface area contributed by atoms with Gasteiger partial charge < -0.3 is 15.4 Å². The van der Waals surface area contributed by atoms with Gasteiger partial charge in [0.1, 0.15) is 0 Å². The Kier molecular flexibility index (Phi) is 2.58. The van der Waals surface area contributed by atoms with Crippen LogP contribution >= 0.6 is 0 Å². The van der Waals surface area contributed by atoms with Gasteiger partial charge in [0, 0.05) is 31.9 Å². The molecule has 1 aromatic heterocycles. The monoisotopic (exact) mass is 208 g/mol. The van der Waals surface area contributed by atoms with Crippen molar-refractivity contribution in [3.05, 3.63) is 18.0 Å². The highest BCUT2D eigenvalue weighted by molar-refractivity contribution is 5.37. The summed E-state index contributed by atoms with van der Waals surface area (Å²) in [6.07, 6.45) is 1.75. The van der Waals surface area contributed by atoms with Crippen LogP contribution in [0.15, 0.2) is 12.3 Å². The quantitative estimate of drug-likeness (QED) is 0.766. The van der Waals surface area contributed by atoms with Crippen LogP contribution < -0.4 is 10.6 Å². The van der Waals surface area contributed by atoms with E-state index in [0.717, 1.165) is 24.7 Å². The Hall–Kier alpha value is -1.20. The van der Waals surface area contributed by atoms with Gasteiger partial charge in [-0.25, -0.2) is 9.97 Å². The molecule has 0 aromatic carbocycles. The smallest absolute Gasteiger partial charge is 0.225 e. The second-order valence-corrected chi connectivity index (χ2v) is 4.29.